The zero-order chi connectivity index (χ0) is 17.2. The summed E-state index contributed by atoms with van der Waals surface area (Å²) in [5, 5.41) is 3.40. The second-order valence-corrected chi connectivity index (χ2v) is 8.53. The molecule has 1 aliphatic heterocycles. The second kappa shape index (κ2) is 7.36. The predicted molar refractivity (Wildman–Crippen MR) is 92.0 cm³/mol. The molecule has 0 unspecified atom stereocenters. The Morgan fingerprint density at radius 2 is 1.91 bits per heavy atom. The average molecular weight is 380 g/mol. The van der Waals surface area contributed by atoms with E-state index in [2.05, 4.69) is 5.32 Å². The van der Waals surface area contributed by atoms with Gasteiger partial charge in [0.1, 0.15) is 0 Å². The highest BCUT2D eigenvalue weighted by Gasteiger charge is 2.33. The summed E-state index contributed by atoms with van der Waals surface area (Å²) in [6, 6.07) is 4.95. The number of para-hydroxylation sites is 1. The van der Waals surface area contributed by atoms with Gasteiger partial charge in [0.05, 0.1) is 21.7 Å². The molecule has 0 saturated carbocycles. The fourth-order valence-corrected chi connectivity index (χ4v) is 4.12. The molecule has 23 heavy (non-hydrogen) atoms. The highest BCUT2D eigenvalue weighted by molar-refractivity contribution is 7.86. The molecule has 1 aromatic carbocycles. The van der Waals surface area contributed by atoms with Crippen molar-refractivity contribution in [2.45, 2.75) is 12.8 Å². The quantitative estimate of drug-likeness (QED) is 0.873. The van der Waals surface area contributed by atoms with E-state index in [1.165, 1.54) is 18.4 Å². The summed E-state index contributed by atoms with van der Waals surface area (Å²) in [7, 11) is -0.572. The number of rotatable bonds is 4. The van der Waals surface area contributed by atoms with Crippen molar-refractivity contribution in [3.8, 4) is 0 Å². The summed E-state index contributed by atoms with van der Waals surface area (Å²) < 4.78 is 26.9. The summed E-state index contributed by atoms with van der Waals surface area (Å²) in [5.41, 5.74) is 0.355. The average Bonchev–Trinajstić information content (AvgIpc) is 2.51. The maximum absolute atomic E-state index is 12.5. The monoisotopic (exact) mass is 379 g/mol. The lowest BCUT2D eigenvalue weighted by Gasteiger charge is -2.32. The molecule has 6 nitrogen and oxygen atoms in total. The highest BCUT2D eigenvalue weighted by atomic mass is 35.5. The maximum Gasteiger partial charge on any atom is 0.281 e. The van der Waals surface area contributed by atoms with Crippen molar-refractivity contribution >= 4 is 45.0 Å². The van der Waals surface area contributed by atoms with Crippen LogP contribution in [0, 0.1) is 5.92 Å². The van der Waals surface area contributed by atoms with E-state index in [0.29, 0.717) is 35.1 Å². The van der Waals surface area contributed by atoms with E-state index in [4.69, 9.17) is 23.2 Å². The minimum absolute atomic E-state index is 0.147. The Kier molecular flexibility index (Phi) is 5.91. The minimum Gasteiger partial charge on any atom is -0.323 e. The molecular weight excluding hydrogens is 361 g/mol. The number of nitrogens with one attached hydrogen (secondary N) is 1. The molecule has 1 N–H and O–H groups in total. The first-order chi connectivity index (χ1) is 10.7. The van der Waals surface area contributed by atoms with Crippen molar-refractivity contribution in [1.29, 1.82) is 0 Å². The summed E-state index contributed by atoms with van der Waals surface area (Å²) in [6.45, 7) is 0.561. The van der Waals surface area contributed by atoms with Gasteiger partial charge >= 0.3 is 0 Å². The smallest absolute Gasteiger partial charge is 0.281 e. The fraction of sp³-hybridized carbons (Fsp3) is 0.500. The number of anilines is 1. The molecule has 1 saturated heterocycles. The topological polar surface area (TPSA) is 69.7 Å². The molecule has 1 fully saturated rings. The van der Waals surface area contributed by atoms with Gasteiger partial charge in [-0.15, -0.1) is 0 Å². The Hall–Kier alpha value is -0.860. The van der Waals surface area contributed by atoms with Crippen LogP contribution in [0.1, 0.15) is 12.8 Å². The van der Waals surface area contributed by atoms with Gasteiger partial charge in [0.2, 0.25) is 5.91 Å². The number of nitrogens with zero attached hydrogens (tertiary/aromatic N) is 2. The Bertz CT molecular complexity index is 674. The van der Waals surface area contributed by atoms with Gasteiger partial charge in [0.15, 0.2) is 0 Å². The third-order valence-electron chi connectivity index (χ3n) is 3.75. The number of hydrogen-bond donors (Lipinski definition) is 1. The van der Waals surface area contributed by atoms with Crippen LogP contribution in [0.2, 0.25) is 10.0 Å². The molecule has 0 bridgehead atoms. The van der Waals surface area contributed by atoms with Crippen LogP contribution in [0.4, 0.5) is 5.69 Å². The molecule has 0 radical (unpaired) electrons. The molecular formula is C14H19Cl2N3O3S. The SMILES string of the molecule is CN(C)S(=O)(=O)N1CCC[C@@H](C(=O)Nc2c(Cl)cccc2Cl)C1. The van der Waals surface area contributed by atoms with Crippen LogP contribution in [0.25, 0.3) is 0 Å². The lowest BCUT2D eigenvalue weighted by molar-refractivity contribution is -0.120. The maximum atomic E-state index is 12.5. The van der Waals surface area contributed by atoms with Crippen molar-refractivity contribution in [3.05, 3.63) is 28.2 Å². The van der Waals surface area contributed by atoms with Gasteiger partial charge in [0, 0.05) is 27.2 Å². The van der Waals surface area contributed by atoms with E-state index in [9.17, 15) is 13.2 Å². The molecule has 128 valence electrons. The molecule has 1 heterocycles. The fourth-order valence-electron chi connectivity index (χ4n) is 2.44. The van der Waals surface area contributed by atoms with Crippen LogP contribution in [0.3, 0.4) is 0 Å². The van der Waals surface area contributed by atoms with Crippen molar-refractivity contribution in [3.63, 3.8) is 0 Å². The van der Waals surface area contributed by atoms with Gasteiger partial charge < -0.3 is 5.32 Å². The van der Waals surface area contributed by atoms with Crippen LogP contribution in [-0.2, 0) is 15.0 Å². The van der Waals surface area contributed by atoms with Gasteiger partial charge in [-0.1, -0.05) is 29.3 Å². The van der Waals surface area contributed by atoms with Crippen molar-refractivity contribution in [1.82, 2.24) is 8.61 Å². The number of hydrogen-bond acceptors (Lipinski definition) is 3. The summed E-state index contributed by atoms with van der Waals surface area (Å²) in [5.74, 6) is -0.718. The molecule has 2 rings (SSSR count). The Morgan fingerprint density at radius 3 is 2.48 bits per heavy atom. The molecule has 1 atom stereocenters. The Balaban J connectivity index is 2.11. The number of carbonyl (C=O) groups excluding carboxylic acids is 1. The van der Waals surface area contributed by atoms with E-state index in [-0.39, 0.29) is 12.5 Å². The summed E-state index contributed by atoms with van der Waals surface area (Å²) >= 11 is 12.1. The van der Waals surface area contributed by atoms with Gasteiger partial charge in [-0.2, -0.15) is 17.0 Å². The number of amides is 1. The third-order valence-corrected chi connectivity index (χ3v) is 6.29. The number of piperidine rings is 1. The summed E-state index contributed by atoms with van der Waals surface area (Å²) in [6.07, 6.45) is 1.24. The minimum atomic E-state index is -3.52. The molecule has 0 spiro atoms. The van der Waals surface area contributed by atoms with Crippen molar-refractivity contribution < 1.29 is 13.2 Å². The Labute approximate surface area is 146 Å². The number of halogens is 2. The van der Waals surface area contributed by atoms with Gasteiger partial charge in [-0.3, -0.25) is 4.79 Å². The first-order valence-corrected chi connectivity index (χ1v) is 9.31. The normalized spacial score (nSPS) is 19.8. The van der Waals surface area contributed by atoms with Gasteiger partial charge in [0.25, 0.3) is 10.2 Å². The first-order valence-electron chi connectivity index (χ1n) is 7.16. The predicted octanol–water partition coefficient (Wildman–Crippen LogP) is 2.45. The van der Waals surface area contributed by atoms with Crippen molar-refractivity contribution in [2.75, 3.05) is 32.5 Å². The van der Waals surface area contributed by atoms with E-state index < -0.39 is 16.1 Å². The standard InChI is InChI=1S/C14H19Cl2N3O3S/c1-18(2)23(21,22)19-8-4-5-10(9-19)14(20)17-13-11(15)6-3-7-12(13)16/h3,6-7,10H,4-5,8-9H2,1-2H3,(H,17,20)/t10-/m1/s1. The van der Waals surface area contributed by atoms with Crippen LogP contribution in [0.15, 0.2) is 18.2 Å². The van der Waals surface area contributed by atoms with Crippen LogP contribution in [0.5, 0.6) is 0 Å². The molecule has 0 aliphatic carbocycles. The molecule has 0 aromatic heterocycles. The van der Waals surface area contributed by atoms with Gasteiger partial charge in [-0.05, 0) is 25.0 Å². The zero-order valence-corrected chi connectivity index (χ0v) is 15.2. The molecule has 1 aromatic rings. The molecule has 1 aliphatic rings. The van der Waals surface area contributed by atoms with E-state index >= 15 is 0 Å². The third kappa shape index (κ3) is 4.16. The zero-order valence-electron chi connectivity index (χ0n) is 12.9. The van der Waals surface area contributed by atoms with Crippen LogP contribution >= 0.6 is 23.2 Å². The van der Waals surface area contributed by atoms with Crippen LogP contribution < -0.4 is 5.32 Å². The largest absolute Gasteiger partial charge is 0.323 e. The van der Waals surface area contributed by atoms with Gasteiger partial charge in [-0.25, -0.2) is 0 Å². The molecule has 9 heteroatoms. The lowest BCUT2D eigenvalue weighted by Crippen LogP contribution is -2.47. The molecule has 1 amide bonds. The van der Waals surface area contributed by atoms with E-state index in [1.807, 2.05) is 0 Å². The highest BCUT2D eigenvalue weighted by Crippen LogP contribution is 2.31. The number of carbonyl (C=O) groups is 1. The second-order valence-electron chi connectivity index (χ2n) is 5.57. The number of benzene rings is 1. The first kappa shape index (κ1) is 18.5. The van der Waals surface area contributed by atoms with Crippen LogP contribution in [-0.4, -0.2) is 50.1 Å². The Morgan fingerprint density at radius 1 is 1.30 bits per heavy atom. The van der Waals surface area contributed by atoms with E-state index in [0.717, 1.165) is 4.31 Å². The summed E-state index contributed by atoms with van der Waals surface area (Å²) in [4.78, 5) is 12.5. The lowest BCUT2D eigenvalue weighted by atomic mass is 9.98. The van der Waals surface area contributed by atoms with E-state index in [1.54, 1.807) is 18.2 Å². The van der Waals surface area contributed by atoms with Crippen molar-refractivity contribution in [2.24, 2.45) is 5.92 Å².